The minimum absolute atomic E-state index is 0.0675. The van der Waals surface area contributed by atoms with Crippen LogP contribution in [0.4, 0.5) is 0 Å². The molecule has 0 aromatic carbocycles. The van der Waals surface area contributed by atoms with Gasteiger partial charge < -0.3 is 0 Å². The molecule has 1 fully saturated rings. The van der Waals surface area contributed by atoms with Gasteiger partial charge in [0, 0.05) is 0 Å². The molecule has 2 atom stereocenters. The van der Waals surface area contributed by atoms with E-state index < -0.39 is 19.9 Å². The average molecular weight is 255 g/mol. The van der Waals surface area contributed by atoms with Crippen LogP contribution < -0.4 is 5.14 Å². The van der Waals surface area contributed by atoms with Crippen molar-refractivity contribution in [1.29, 1.82) is 0 Å². The van der Waals surface area contributed by atoms with Crippen molar-refractivity contribution in [2.24, 2.45) is 17.0 Å². The Balaban J connectivity index is 2.65. The molecule has 2 N–H and O–H groups in total. The van der Waals surface area contributed by atoms with Crippen LogP contribution in [0.3, 0.4) is 0 Å². The van der Waals surface area contributed by atoms with Gasteiger partial charge in [-0.05, 0) is 24.7 Å². The van der Waals surface area contributed by atoms with Crippen LogP contribution in [0.15, 0.2) is 0 Å². The monoisotopic (exact) mass is 255 g/mol. The van der Waals surface area contributed by atoms with Crippen LogP contribution in [0.5, 0.6) is 0 Å². The fourth-order valence-corrected chi connectivity index (χ4v) is 4.94. The van der Waals surface area contributed by atoms with Gasteiger partial charge in [-0.1, -0.05) is 6.92 Å². The first kappa shape index (κ1) is 12.9. The number of primary sulfonamides is 1. The number of sulfone groups is 1. The molecule has 0 aromatic rings. The van der Waals surface area contributed by atoms with Gasteiger partial charge >= 0.3 is 0 Å². The van der Waals surface area contributed by atoms with E-state index in [9.17, 15) is 16.8 Å². The molecule has 1 saturated heterocycles. The van der Waals surface area contributed by atoms with E-state index in [1.54, 1.807) is 6.92 Å². The molecule has 1 heterocycles. The quantitative estimate of drug-likeness (QED) is 0.751. The molecule has 7 heteroatoms. The third kappa shape index (κ3) is 4.48. The van der Waals surface area contributed by atoms with E-state index in [-0.39, 0.29) is 29.1 Å². The van der Waals surface area contributed by atoms with Gasteiger partial charge in [0.2, 0.25) is 10.0 Å². The largest absolute Gasteiger partial charge is 0.229 e. The molecule has 0 spiro atoms. The molecule has 0 radical (unpaired) electrons. The zero-order chi connectivity index (χ0) is 11.7. The van der Waals surface area contributed by atoms with Crippen LogP contribution in [-0.4, -0.2) is 34.1 Å². The van der Waals surface area contributed by atoms with E-state index in [1.807, 2.05) is 0 Å². The van der Waals surface area contributed by atoms with Crippen LogP contribution in [0.1, 0.15) is 19.8 Å². The maximum absolute atomic E-state index is 11.4. The van der Waals surface area contributed by atoms with Gasteiger partial charge in [0.1, 0.15) is 0 Å². The standard InChI is InChI=1S/C8H17NO4S2/c1-7(5-15(9,12)13)8-3-2-4-14(10,11)6-8/h7-8H,2-6H2,1H3,(H2,9,12,13). The zero-order valence-electron chi connectivity index (χ0n) is 8.72. The van der Waals surface area contributed by atoms with Gasteiger partial charge in [0.25, 0.3) is 0 Å². The Morgan fingerprint density at radius 3 is 2.53 bits per heavy atom. The van der Waals surface area contributed by atoms with Gasteiger partial charge in [0.15, 0.2) is 9.84 Å². The predicted molar refractivity (Wildman–Crippen MR) is 58.5 cm³/mol. The molecule has 15 heavy (non-hydrogen) atoms. The molecule has 5 nitrogen and oxygen atoms in total. The highest BCUT2D eigenvalue weighted by Crippen LogP contribution is 2.25. The van der Waals surface area contributed by atoms with Crippen molar-refractivity contribution in [2.45, 2.75) is 19.8 Å². The summed E-state index contributed by atoms with van der Waals surface area (Å²) in [6.45, 7) is 1.75. The van der Waals surface area contributed by atoms with Crippen molar-refractivity contribution in [2.75, 3.05) is 17.3 Å². The molecule has 0 aliphatic carbocycles. The summed E-state index contributed by atoms with van der Waals surface area (Å²) in [6, 6.07) is 0. The van der Waals surface area contributed by atoms with Gasteiger partial charge in [-0.15, -0.1) is 0 Å². The lowest BCUT2D eigenvalue weighted by Crippen LogP contribution is -2.33. The lowest BCUT2D eigenvalue weighted by atomic mass is 9.93. The molecule has 0 saturated carbocycles. The van der Waals surface area contributed by atoms with Crippen molar-refractivity contribution < 1.29 is 16.8 Å². The first-order valence-corrected chi connectivity index (χ1v) is 8.44. The second kappa shape index (κ2) is 4.39. The summed E-state index contributed by atoms with van der Waals surface area (Å²) in [7, 11) is -6.47. The third-order valence-electron chi connectivity index (χ3n) is 2.80. The van der Waals surface area contributed by atoms with Gasteiger partial charge in [0.05, 0.1) is 17.3 Å². The van der Waals surface area contributed by atoms with E-state index in [0.29, 0.717) is 6.42 Å². The first-order valence-electron chi connectivity index (χ1n) is 4.90. The molecular formula is C8H17NO4S2. The topological polar surface area (TPSA) is 94.3 Å². The normalized spacial score (nSPS) is 28.5. The minimum Gasteiger partial charge on any atom is -0.229 e. The van der Waals surface area contributed by atoms with Crippen molar-refractivity contribution in [3.8, 4) is 0 Å². The summed E-state index contributed by atoms with van der Waals surface area (Å²) >= 11 is 0. The smallest absolute Gasteiger partial charge is 0.209 e. The maximum atomic E-state index is 11.4. The summed E-state index contributed by atoms with van der Waals surface area (Å²) in [4.78, 5) is 0. The molecule has 1 aliphatic rings. The zero-order valence-corrected chi connectivity index (χ0v) is 10.4. The lowest BCUT2D eigenvalue weighted by molar-refractivity contribution is 0.376. The summed E-state index contributed by atoms with van der Waals surface area (Å²) in [5, 5.41) is 4.93. The van der Waals surface area contributed by atoms with Gasteiger partial charge in [-0.2, -0.15) is 0 Å². The molecular weight excluding hydrogens is 238 g/mol. The van der Waals surface area contributed by atoms with E-state index in [2.05, 4.69) is 0 Å². The first-order chi connectivity index (χ1) is 6.70. The Bertz CT molecular complexity index is 412. The van der Waals surface area contributed by atoms with Crippen LogP contribution >= 0.6 is 0 Å². The average Bonchev–Trinajstić information content (AvgIpc) is 1.99. The van der Waals surface area contributed by atoms with Crippen LogP contribution in [0.25, 0.3) is 0 Å². The summed E-state index contributed by atoms with van der Waals surface area (Å²) < 4.78 is 44.4. The summed E-state index contributed by atoms with van der Waals surface area (Å²) in [6.07, 6.45) is 1.40. The molecule has 0 bridgehead atoms. The Morgan fingerprint density at radius 2 is 2.07 bits per heavy atom. The van der Waals surface area contributed by atoms with Crippen molar-refractivity contribution in [1.82, 2.24) is 0 Å². The number of nitrogens with two attached hydrogens (primary N) is 1. The van der Waals surface area contributed by atoms with Gasteiger partial charge in [-0.25, -0.2) is 22.0 Å². The van der Waals surface area contributed by atoms with E-state index in [1.165, 1.54) is 0 Å². The fourth-order valence-electron chi connectivity index (χ4n) is 2.01. The second-order valence-electron chi connectivity index (χ2n) is 4.32. The highest BCUT2D eigenvalue weighted by molar-refractivity contribution is 7.91. The number of sulfonamides is 1. The Morgan fingerprint density at radius 1 is 1.47 bits per heavy atom. The Kier molecular flexibility index (Phi) is 3.78. The SMILES string of the molecule is CC(CS(N)(=O)=O)C1CCCS(=O)(=O)C1. The predicted octanol–water partition coefficient (Wildman–Crippen LogP) is -0.264. The Labute approximate surface area is 91.0 Å². The number of rotatable bonds is 3. The minimum atomic E-state index is -3.50. The maximum Gasteiger partial charge on any atom is 0.209 e. The van der Waals surface area contributed by atoms with E-state index in [0.717, 1.165) is 6.42 Å². The van der Waals surface area contributed by atoms with Crippen molar-refractivity contribution in [3.63, 3.8) is 0 Å². The lowest BCUT2D eigenvalue weighted by Gasteiger charge is -2.26. The molecule has 1 rings (SSSR count). The molecule has 90 valence electrons. The molecule has 0 amide bonds. The van der Waals surface area contributed by atoms with E-state index >= 15 is 0 Å². The van der Waals surface area contributed by atoms with E-state index in [4.69, 9.17) is 5.14 Å². The van der Waals surface area contributed by atoms with Crippen LogP contribution in [0.2, 0.25) is 0 Å². The third-order valence-corrected chi connectivity index (χ3v) is 5.64. The van der Waals surface area contributed by atoms with Gasteiger partial charge in [-0.3, -0.25) is 0 Å². The van der Waals surface area contributed by atoms with Crippen molar-refractivity contribution >= 4 is 19.9 Å². The number of hydrogen-bond donors (Lipinski definition) is 1. The highest BCUT2D eigenvalue weighted by Gasteiger charge is 2.30. The number of hydrogen-bond acceptors (Lipinski definition) is 4. The highest BCUT2D eigenvalue weighted by atomic mass is 32.2. The molecule has 1 aliphatic heterocycles. The second-order valence-corrected chi connectivity index (χ2v) is 8.21. The van der Waals surface area contributed by atoms with Crippen LogP contribution in [-0.2, 0) is 19.9 Å². The molecule has 0 aromatic heterocycles. The van der Waals surface area contributed by atoms with Crippen molar-refractivity contribution in [3.05, 3.63) is 0 Å². The van der Waals surface area contributed by atoms with Crippen LogP contribution in [0, 0.1) is 11.8 Å². The molecule has 2 unspecified atom stereocenters. The summed E-state index contributed by atoms with van der Waals surface area (Å²) in [5.41, 5.74) is 0. The summed E-state index contributed by atoms with van der Waals surface area (Å²) in [5.74, 6) is -0.0557. The fraction of sp³-hybridized carbons (Fsp3) is 1.00. The Hall–Kier alpha value is -0.140.